The highest BCUT2D eigenvalue weighted by atomic mass is 79.9. The molecule has 0 saturated heterocycles. The maximum absolute atomic E-state index is 14.3. The molecule has 1 aromatic rings. The van der Waals surface area contributed by atoms with E-state index < -0.39 is 35.5 Å². The number of hydrogen-bond donors (Lipinski definition) is 2. The summed E-state index contributed by atoms with van der Waals surface area (Å²) in [6.45, 7) is 13.1. The van der Waals surface area contributed by atoms with Gasteiger partial charge in [0.1, 0.15) is 0 Å². The van der Waals surface area contributed by atoms with Crippen molar-refractivity contribution in [2.75, 3.05) is 0 Å². The van der Waals surface area contributed by atoms with Gasteiger partial charge in [0.05, 0.1) is 22.4 Å². The predicted octanol–water partition coefficient (Wildman–Crippen LogP) is 2.81. The normalized spacial score (nSPS) is 13.9. The van der Waals surface area contributed by atoms with E-state index in [-0.39, 0.29) is 5.46 Å². The molecule has 1 rings (SSSR count). The predicted molar refractivity (Wildman–Crippen MR) is 100 cm³/mol. The van der Waals surface area contributed by atoms with E-state index in [2.05, 4.69) is 20.9 Å². The Labute approximate surface area is 158 Å². The second-order valence-corrected chi connectivity index (χ2v) is 9.16. The Morgan fingerprint density at radius 3 is 1.72 bits per heavy atom. The van der Waals surface area contributed by atoms with E-state index >= 15 is 0 Å². The molecule has 0 atom stereocenters. The lowest BCUT2D eigenvalue weighted by molar-refractivity contribution is -0.132. The van der Waals surface area contributed by atoms with Crippen molar-refractivity contribution >= 4 is 28.5 Å². The fourth-order valence-electron chi connectivity index (χ4n) is 1.58. The molecule has 0 aromatic carbocycles. The SMILES string of the molecule is CC(C)(O)C(C)(C)OB(OC(C)(C)C(C)(C)O)c1cc(Br)cnc1F. The Morgan fingerprint density at radius 1 is 0.960 bits per heavy atom. The summed E-state index contributed by atoms with van der Waals surface area (Å²) in [5.74, 6) is -0.744. The van der Waals surface area contributed by atoms with Gasteiger partial charge in [0.2, 0.25) is 5.95 Å². The standard InChI is InChI=1S/C17H28BBrFNO4/c1-14(2,22)16(5,6)24-18(25-17(7,8)15(3,4)23)12-9-11(19)10-21-13(12)20/h9-10,22-23H,1-8H3. The Balaban J connectivity index is 3.35. The van der Waals surface area contributed by atoms with Gasteiger partial charge in [-0.2, -0.15) is 4.39 Å². The summed E-state index contributed by atoms with van der Waals surface area (Å²) in [5, 5.41) is 20.7. The summed E-state index contributed by atoms with van der Waals surface area (Å²) in [6, 6.07) is 1.51. The number of pyridine rings is 1. The Hall–Kier alpha value is -0.535. The van der Waals surface area contributed by atoms with E-state index in [1.165, 1.54) is 12.3 Å². The minimum absolute atomic E-state index is 0.0732. The third kappa shape index (κ3) is 5.47. The highest BCUT2D eigenvalue weighted by Gasteiger charge is 2.46. The van der Waals surface area contributed by atoms with Gasteiger partial charge >= 0.3 is 7.12 Å². The van der Waals surface area contributed by atoms with E-state index in [9.17, 15) is 14.6 Å². The van der Waals surface area contributed by atoms with Crippen molar-refractivity contribution in [3.8, 4) is 0 Å². The molecular weight excluding hydrogens is 392 g/mol. The summed E-state index contributed by atoms with van der Waals surface area (Å²) in [5.41, 5.74) is -4.50. The molecule has 2 N–H and O–H groups in total. The van der Waals surface area contributed by atoms with Crippen LogP contribution in [0.4, 0.5) is 4.39 Å². The van der Waals surface area contributed by atoms with Gasteiger partial charge in [0.25, 0.3) is 0 Å². The van der Waals surface area contributed by atoms with E-state index in [1.54, 1.807) is 55.4 Å². The molecule has 0 aliphatic rings. The van der Waals surface area contributed by atoms with Crippen molar-refractivity contribution in [3.05, 3.63) is 22.7 Å². The molecule has 1 heterocycles. The average molecular weight is 420 g/mol. The second-order valence-electron chi connectivity index (χ2n) is 8.24. The van der Waals surface area contributed by atoms with Crippen molar-refractivity contribution in [2.45, 2.75) is 77.8 Å². The van der Waals surface area contributed by atoms with E-state index in [0.29, 0.717) is 4.47 Å². The first kappa shape index (κ1) is 22.5. The molecule has 1 aromatic heterocycles. The first-order valence-corrected chi connectivity index (χ1v) is 8.88. The molecule has 8 heteroatoms. The third-order valence-electron chi connectivity index (χ3n) is 4.84. The first-order chi connectivity index (χ1) is 11.0. The van der Waals surface area contributed by atoms with Crippen LogP contribution in [0, 0.1) is 5.95 Å². The number of halogens is 2. The molecule has 0 saturated carbocycles. The molecule has 142 valence electrons. The van der Waals surface area contributed by atoms with Gasteiger partial charge in [0, 0.05) is 16.1 Å². The van der Waals surface area contributed by atoms with Crippen LogP contribution in [-0.2, 0) is 9.31 Å². The Morgan fingerprint density at radius 2 is 1.36 bits per heavy atom. The summed E-state index contributed by atoms with van der Waals surface area (Å²) < 4.78 is 26.8. The second kappa shape index (κ2) is 7.23. The zero-order valence-corrected chi connectivity index (χ0v) is 17.7. The van der Waals surface area contributed by atoms with Crippen LogP contribution in [0.3, 0.4) is 0 Å². The van der Waals surface area contributed by atoms with Crippen LogP contribution in [0.15, 0.2) is 16.7 Å². The lowest BCUT2D eigenvalue weighted by Gasteiger charge is -2.43. The van der Waals surface area contributed by atoms with Crippen LogP contribution in [-0.4, -0.2) is 44.7 Å². The molecule has 5 nitrogen and oxygen atoms in total. The van der Waals surface area contributed by atoms with Crippen LogP contribution < -0.4 is 5.46 Å². The summed E-state index contributed by atoms with van der Waals surface area (Å²) in [7, 11) is -1.19. The van der Waals surface area contributed by atoms with Crippen molar-refractivity contribution in [3.63, 3.8) is 0 Å². The highest BCUT2D eigenvalue weighted by Crippen LogP contribution is 2.30. The summed E-state index contributed by atoms with van der Waals surface area (Å²) in [6.07, 6.45) is 1.33. The van der Waals surface area contributed by atoms with E-state index in [1.807, 2.05) is 0 Å². The van der Waals surface area contributed by atoms with Gasteiger partial charge < -0.3 is 19.5 Å². The van der Waals surface area contributed by atoms with Gasteiger partial charge in [-0.25, -0.2) is 4.98 Å². The summed E-state index contributed by atoms with van der Waals surface area (Å²) in [4.78, 5) is 3.69. The minimum Gasteiger partial charge on any atom is -0.399 e. The number of nitrogens with zero attached hydrogens (tertiary/aromatic N) is 1. The topological polar surface area (TPSA) is 71.8 Å². The zero-order valence-electron chi connectivity index (χ0n) is 16.1. The summed E-state index contributed by atoms with van der Waals surface area (Å²) >= 11 is 3.26. The smallest absolute Gasteiger partial charge is 0.399 e. The Kier molecular flexibility index (Phi) is 6.51. The zero-order chi connectivity index (χ0) is 19.8. The number of hydrogen-bond acceptors (Lipinski definition) is 5. The van der Waals surface area contributed by atoms with Crippen LogP contribution in [0.5, 0.6) is 0 Å². The van der Waals surface area contributed by atoms with Gasteiger partial charge in [-0.3, -0.25) is 0 Å². The molecule has 25 heavy (non-hydrogen) atoms. The Bertz CT molecular complexity index is 584. The molecule has 0 radical (unpaired) electrons. The van der Waals surface area contributed by atoms with Crippen molar-refractivity contribution in [2.24, 2.45) is 0 Å². The number of aliphatic hydroxyl groups is 2. The monoisotopic (exact) mass is 419 g/mol. The van der Waals surface area contributed by atoms with Crippen LogP contribution in [0.2, 0.25) is 0 Å². The highest BCUT2D eigenvalue weighted by molar-refractivity contribution is 9.10. The maximum Gasteiger partial charge on any atom is 0.499 e. The van der Waals surface area contributed by atoms with Gasteiger partial charge in [-0.05, 0) is 77.4 Å². The van der Waals surface area contributed by atoms with E-state index in [4.69, 9.17) is 9.31 Å². The van der Waals surface area contributed by atoms with Crippen molar-refractivity contribution in [1.82, 2.24) is 4.98 Å². The average Bonchev–Trinajstić information content (AvgIpc) is 2.37. The molecule has 0 unspecified atom stereocenters. The molecular formula is C17H28BBrFNO4. The number of aromatic nitrogens is 1. The van der Waals surface area contributed by atoms with Crippen molar-refractivity contribution in [1.29, 1.82) is 0 Å². The first-order valence-electron chi connectivity index (χ1n) is 8.09. The lowest BCUT2D eigenvalue weighted by Crippen LogP contribution is -2.59. The maximum atomic E-state index is 14.3. The molecule has 0 amide bonds. The van der Waals surface area contributed by atoms with Gasteiger partial charge in [-0.15, -0.1) is 0 Å². The molecule has 0 spiro atoms. The van der Waals surface area contributed by atoms with E-state index in [0.717, 1.165) is 0 Å². The fourth-order valence-corrected chi connectivity index (χ4v) is 1.93. The molecule has 0 aliphatic carbocycles. The molecule has 0 aliphatic heterocycles. The van der Waals surface area contributed by atoms with Crippen molar-refractivity contribution < 1.29 is 23.9 Å². The van der Waals surface area contributed by atoms with Crippen LogP contribution in [0.1, 0.15) is 55.4 Å². The van der Waals surface area contributed by atoms with Gasteiger partial charge in [-0.1, -0.05) is 0 Å². The quantitative estimate of drug-likeness (QED) is 0.525. The van der Waals surface area contributed by atoms with Crippen LogP contribution in [0.25, 0.3) is 0 Å². The van der Waals surface area contributed by atoms with Crippen LogP contribution >= 0.6 is 15.9 Å². The largest absolute Gasteiger partial charge is 0.499 e. The third-order valence-corrected chi connectivity index (χ3v) is 5.27. The lowest BCUT2D eigenvalue weighted by atomic mass is 9.74. The molecule has 0 fully saturated rings. The fraction of sp³-hybridized carbons (Fsp3) is 0.706. The van der Waals surface area contributed by atoms with Gasteiger partial charge in [0.15, 0.2) is 0 Å². The molecule has 0 bridgehead atoms. The minimum atomic E-state index is -1.22. The number of rotatable bonds is 7.